The van der Waals surface area contributed by atoms with Crippen LogP contribution in [0.2, 0.25) is 0 Å². The third-order valence-corrected chi connectivity index (χ3v) is 5.97. The van der Waals surface area contributed by atoms with Gasteiger partial charge in [0.05, 0.1) is 17.1 Å². The number of imidazole rings is 1. The van der Waals surface area contributed by atoms with Crippen LogP contribution >= 0.6 is 0 Å². The van der Waals surface area contributed by atoms with E-state index in [1.807, 2.05) is 79.9 Å². The van der Waals surface area contributed by atoms with Gasteiger partial charge in [-0.2, -0.15) is 5.10 Å². The summed E-state index contributed by atoms with van der Waals surface area (Å²) >= 11 is 0. The van der Waals surface area contributed by atoms with Gasteiger partial charge in [-0.25, -0.2) is 14.5 Å². The predicted octanol–water partition coefficient (Wildman–Crippen LogP) is 4.76. The number of aromatic nitrogens is 7. The zero-order valence-electron chi connectivity index (χ0n) is 20.7. The third-order valence-electron chi connectivity index (χ3n) is 5.97. The first-order valence-electron chi connectivity index (χ1n) is 12.1. The van der Waals surface area contributed by atoms with Crippen LogP contribution in [0.25, 0.3) is 28.3 Å². The summed E-state index contributed by atoms with van der Waals surface area (Å²) in [7, 11) is 6.45. The number of aryl methyl sites for hydroxylation is 1. The molecule has 0 unspecified atom stereocenters. The molecule has 38 heavy (non-hydrogen) atoms. The number of hydrogen-bond acceptors (Lipinski definition) is 7. The highest BCUT2D eigenvalue weighted by Gasteiger charge is 2.17. The van der Waals surface area contributed by atoms with Crippen LogP contribution in [0, 0.1) is 6.92 Å². The summed E-state index contributed by atoms with van der Waals surface area (Å²) in [5, 5.41) is 4.27. The van der Waals surface area contributed by atoms with Gasteiger partial charge < -0.3 is 14.5 Å². The van der Waals surface area contributed by atoms with Gasteiger partial charge >= 0.3 is 0 Å². The lowest BCUT2D eigenvalue weighted by Crippen LogP contribution is -2.19. The molecule has 0 fully saturated rings. The number of rotatable bonds is 8. The van der Waals surface area contributed by atoms with E-state index in [0.29, 0.717) is 13.1 Å². The van der Waals surface area contributed by atoms with Crippen molar-refractivity contribution in [2.45, 2.75) is 20.0 Å². The Morgan fingerprint density at radius 3 is 2.68 bits per heavy atom. The maximum atomic E-state index is 6.45. The van der Waals surface area contributed by atoms with Gasteiger partial charge in [-0.3, -0.25) is 9.97 Å². The van der Waals surface area contributed by atoms with Crippen LogP contribution in [0.5, 0.6) is 11.5 Å². The van der Waals surface area contributed by atoms with Crippen molar-refractivity contribution in [3.05, 3.63) is 109 Å². The monoisotopic (exact) mass is 498 g/mol. The summed E-state index contributed by atoms with van der Waals surface area (Å²) in [6.45, 7) is 2.88. The number of ether oxygens (including phenoxy) is 1. The Balaban J connectivity index is 1.25. The molecule has 184 valence electrons. The molecule has 0 spiro atoms. The molecule has 0 aliphatic heterocycles. The molecule has 9 nitrogen and oxygen atoms in total. The molecule has 0 amide bonds. The largest absolute Gasteiger partial charge is 0.457 e. The number of nitrogens with one attached hydrogen (secondary N) is 1. The van der Waals surface area contributed by atoms with E-state index < -0.39 is 0 Å². The molecule has 6 aromatic rings. The molecule has 6 rings (SSSR count). The summed E-state index contributed by atoms with van der Waals surface area (Å²) in [6, 6.07) is 21.3. The van der Waals surface area contributed by atoms with Gasteiger partial charge in [0.15, 0.2) is 13.6 Å². The third kappa shape index (κ3) is 5.16. The minimum Gasteiger partial charge on any atom is -0.457 e. The fourth-order valence-corrected chi connectivity index (χ4v) is 4.26. The lowest BCUT2D eigenvalue weighted by atomic mass is 10.1. The minimum atomic E-state index is 0.403. The predicted molar refractivity (Wildman–Crippen MR) is 144 cm³/mol. The molecule has 0 atom stereocenters. The molecule has 1 aromatic carbocycles. The Kier molecular flexibility index (Phi) is 6.37. The smallest absolute Gasteiger partial charge is 0.183 e. The van der Waals surface area contributed by atoms with Gasteiger partial charge in [-0.05, 0) is 61.0 Å². The standard InChI is InChI=1S/C28H23BN8O/c1-19-4-2-7-24(33-19)28-27(21-8-9-26-31-18-32-37(26)16-21)34-25(35-28)17-36(29)15-20-5-3-6-23(14-20)38-22-10-12-30-13-11-22/h2-14,16,18H,15,17H2,1H3,(H,34,35). The minimum absolute atomic E-state index is 0.403. The molecule has 0 saturated heterocycles. The van der Waals surface area contributed by atoms with Crippen LogP contribution in [0.15, 0.2) is 91.6 Å². The second-order valence-corrected chi connectivity index (χ2v) is 8.89. The van der Waals surface area contributed by atoms with Crippen molar-refractivity contribution in [3.63, 3.8) is 0 Å². The van der Waals surface area contributed by atoms with E-state index in [1.54, 1.807) is 21.7 Å². The van der Waals surface area contributed by atoms with Crippen LogP contribution in [0.1, 0.15) is 17.1 Å². The highest BCUT2D eigenvalue weighted by Crippen LogP contribution is 2.30. The van der Waals surface area contributed by atoms with Crippen LogP contribution in [-0.2, 0) is 13.1 Å². The fourth-order valence-electron chi connectivity index (χ4n) is 4.26. The number of benzene rings is 1. The molecule has 0 saturated carbocycles. The van der Waals surface area contributed by atoms with E-state index in [2.05, 4.69) is 20.1 Å². The quantitative estimate of drug-likeness (QED) is 0.302. The highest BCUT2D eigenvalue weighted by atomic mass is 16.5. The van der Waals surface area contributed by atoms with Crippen molar-refractivity contribution in [1.82, 2.24) is 39.3 Å². The normalized spacial score (nSPS) is 11.3. The molecule has 0 bridgehead atoms. The summed E-state index contributed by atoms with van der Waals surface area (Å²) in [5.74, 6) is 2.19. The molecular weight excluding hydrogens is 475 g/mol. The Bertz CT molecular complexity index is 1700. The average molecular weight is 498 g/mol. The van der Waals surface area contributed by atoms with Gasteiger partial charge in [0.25, 0.3) is 0 Å². The molecular formula is C28H23BN8O. The molecule has 1 N–H and O–H groups in total. The zero-order chi connectivity index (χ0) is 25.9. The summed E-state index contributed by atoms with van der Waals surface area (Å²) in [4.78, 5) is 23.1. The van der Waals surface area contributed by atoms with E-state index in [1.165, 1.54) is 6.33 Å². The van der Waals surface area contributed by atoms with Crippen LogP contribution < -0.4 is 4.74 Å². The van der Waals surface area contributed by atoms with Crippen molar-refractivity contribution in [2.75, 3.05) is 0 Å². The second-order valence-electron chi connectivity index (χ2n) is 8.89. The summed E-state index contributed by atoms with van der Waals surface area (Å²) in [5.41, 5.74) is 6.01. The Morgan fingerprint density at radius 2 is 1.82 bits per heavy atom. The first-order chi connectivity index (χ1) is 18.6. The first-order valence-corrected chi connectivity index (χ1v) is 12.1. The first kappa shape index (κ1) is 23.6. The maximum Gasteiger partial charge on any atom is 0.183 e. The number of fused-ring (bicyclic) bond motifs is 1. The van der Waals surface area contributed by atoms with E-state index in [0.717, 1.165) is 56.9 Å². The van der Waals surface area contributed by atoms with Crippen LogP contribution in [0.3, 0.4) is 0 Å². The van der Waals surface area contributed by atoms with Crippen molar-refractivity contribution < 1.29 is 4.74 Å². The molecule has 2 radical (unpaired) electrons. The van der Waals surface area contributed by atoms with Gasteiger partial charge in [0.1, 0.15) is 23.7 Å². The molecule has 0 aliphatic carbocycles. The SMILES string of the molecule is [B]N(Cc1cccc(Oc2ccncc2)c1)Cc1nc(-c2ccc3ncnn3c2)c(-c2cccc(C)n2)[nH]1. The lowest BCUT2D eigenvalue weighted by molar-refractivity contribution is 0.429. The van der Waals surface area contributed by atoms with Crippen LogP contribution in [0.4, 0.5) is 0 Å². The van der Waals surface area contributed by atoms with Crippen molar-refractivity contribution in [3.8, 4) is 34.1 Å². The summed E-state index contributed by atoms with van der Waals surface area (Å²) in [6.07, 6.45) is 6.84. The topological polar surface area (TPSA) is 97.1 Å². The average Bonchev–Trinajstić information content (AvgIpc) is 3.56. The molecule has 0 aliphatic rings. The zero-order valence-corrected chi connectivity index (χ0v) is 20.7. The van der Waals surface area contributed by atoms with Gasteiger partial charge in [-0.15, -0.1) is 0 Å². The van der Waals surface area contributed by atoms with Crippen LogP contribution in [-0.4, -0.2) is 47.3 Å². The molecule has 10 heteroatoms. The Morgan fingerprint density at radius 1 is 0.947 bits per heavy atom. The number of nitrogens with zero attached hydrogens (tertiary/aromatic N) is 7. The van der Waals surface area contributed by atoms with Gasteiger partial charge in [0.2, 0.25) is 0 Å². The van der Waals surface area contributed by atoms with E-state index >= 15 is 0 Å². The van der Waals surface area contributed by atoms with Gasteiger partial charge in [0, 0.05) is 42.9 Å². The maximum absolute atomic E-state index is 6.45. The Labute approximate surface area is 220 Å². The van der Waals surface area contributed by atoms with Crippen molar-refractivity contribution in [1.29, 1.82) is 0 Å². The number of aromatic amines is 1. The molecule has 5 heterocycles. The van der Waals surface area contributed by atoms with Crippen molar-refractivity contribution in [2.24, 2.45) is 0 Å². The lowest BCUT2D eigenvalue weighted by Gasteiger charge is -2.16. The fraction of sp³-hybridized carbons (Fsp3) is 0.107. The number of hydrogen-bond donors (Lipinski definition) is 1. The second kappa shape index (κ2) is 10.3. The number of pyridine rings is 3. The van der Waals surface area contributed by atoms with E-state index in [9.17, 15) is 0 Å². The van der Waals surface area contributed by atoms with Gasteiger partial charge in [-0.1, -0.05) is 18.2 Å². The van der Waals surface area contributed by atoms with E-state index in [-0.39, 0.29) is 0 Å². The highest BCUT2D eigenvalue weighted by molar-refractivity contribution is 6.04. The summed E-state index contributed by atoms with van der Waals surface area (Å²) < 4.78 is 7.66. The number of H-pyrrole nitrogens is 1. The van der Waals surface area contributed by atoms with Crippen molar-refractivity contribution >= 4 is 13.6 Å². The van der Waals surface area contributed by atoms with E-state index in [4.69, 9.17) is 22.7 Å². The Hall–Kier alpha value is -4.83. The molecule has 5 aromatic heterocycles.